The Morgan fingerprint density at radius 1 is 0.341 bits per heavy atom. The molecule has 2 saturated heterocycles. The van der Waals surface area contributed by atoms with Crippen molar-refractivity contribution in [2.24, 2.45) is 0 Å². The number of methoxy groups -OCH3 is 1. The summed E-state index contributed by atoms with van der Waals surface area (Å²) in [4.78, 5) is 110. The van der Waals surface area contributed by atoms with Gasteiger partial charge in [-0.3, -0.25) is 9.80 Å². The highest BCUT2D eigenvalue weighted by molar-refractivity contribution is 5.91. The quantitative estimate of drug-likeness (QED) is 0.198. The van der Waals surface area contributed by atoms with E-state index in [1.54, 1.807) is 91.7 Å². The molecule has 0 aliphatic carbocycles. The van der Waals surface area contributed by atoms with Gasteiger partial charge in [0.1, 0.15) is 33.6 Å². The maximum Gasteiger partial charge on any atom is 0.410 e. The van der Waals surface area contributed by atoms with Crippen molar-refractivity contribution >= 4 is 42.5 Å². The first-order valence-electron chi connectivity index (χ1n) is 29.2. The van der Waals surface area contributed by atoms with Crippen LogP contribution in [-0.2, 0) is 46.2 Å². The van der Waals surface area contributed by atoms with Crippen molar-refractivity contribution in [2.45, 2.75) is 197 Å². The average Bonchev–Trinajstić information content (AvgIpc) is 3.30. The Labute approximate surface area is 490 Å². The molecule has 2 fully saturated rings. The molecule has 2 aliphatic heterocycles. The van der Waals surface area contributed by atoms with Crippen LogP contribution in [0.5, 0.6) is 0 Å². The second kappa shape index (κ2) is 30.7. The molecule has 0 radical (unpaired) electrons. The zero-order valence-corrected chi connectivity index (χ0v) is 53.6. The van der Waals surface area contributed by atoms with Gasteiger partial charge in [-0.1, -0.05) is 12.1 Å². The van der Waals surface area contributed by atoms with Crippen LogP contribution in [0.4, 0.5) is 28.8 Å². The summed E-state index contributed by atoms with van der Waals surface area (Å²) in [5, 5.41) is 0. The number of hydrogen-bond acceptors (Lipinski definition) is 16. The normalized spacial score (nSPS) is 17.6. The zero-order valence-electron chi connectivity index (χ0n) is 53.6. The van der Waals surface area contributed by atoms with E-state index >= 15 is 0 Å². The molecule has 22 nitrogen and oxygen atoms in total. The molecule has 0 aromatic heterocycles. The molecule has 0 atom stereocenters. The van der Waals surface area contributed by atoms with Gasteiger partial charge in [0.25, 0.3) is 0 Å². The molecule has 1 aromatic rings. The Bertz CT molecular complexity index is 2260. The minimum Gasteiger partial charge on any atom is -0.465 e. The fourth-order valence-corrected chi connectivity index (χ4v) is 8.81. The molecule has 0 spiro atoms. The first-order chi connectivity index (χ1) is 37.7. The molecule has 3 rings (SSSR count). The van der Waals surface area contributed by atoms with Gasteiger partial charge >= 0.3 is 42.5 Å². The molecule has 468 valence electrons. The van der Waals surface area contributed by atoms with E-state index in [1.165, 1.54) is 7.11 Å². The third-order valence-corrected chi connectivity index (χ3v) is 12.5. The molecule has 2 heterocycles. The molecule has 1 aromatic carbocycles. The van der Waals surface area contributed by atoms with Crippen LogP contribution in [0.25, 0.3) is 0 Å². The molecule has 82 heavy (non-hydrogen) atoms. The Morgan fingerprint density at radius 3 is 0.841 bits per heavy atom. The maximum atomic E-state index is 13.9. The number of rotatable bonds is 5. The lowest BCUT2D eigenvalue weighted by atomic mass is 10.0. The molecule has 0 N–H and O–H groups in total. The fraction of sp³-hybridized carbons (Fsp3) is 0.783. The predicted octanol–water partition coefficient (Wildman–Crippen LogP) is 10.1. The van der Waals surface area contributed by atoms with Crippen molar-refractivity contribution in [1.82, 2.24) is 39.2 Å². The number of carbonyl (C=O) groups is 7. The number of benzene rings is 1. The standard InChI is InChI=1S/C60H104N8O14/c1-55(2,3)77-49(70)63-30-22-32-67(53(74)81-59(13,14)15)40-38-65(51(72)79-57(7,8)9)28-20-26-61(34-36-63)43-45-24-25-46(47(42-45)48(69)76-19)44-62-27-21-29-66(52(73)80-58(10,11)12)39-41-68(54(75)82-60(16,17)18)33-23-31-64(37-35-62)50(71)78-56(4,5)6/h24-25,42H,20-23,26-41,43-44H2,1-19H3. The van der Waals surface area contributed by atoms with Crippen molar-refractivity contribution in [3.05, 3.63) is 34.9 Å². The van der Waals surface area contributed by atoms with E-state index in [4.69, 9.17) is 33.2 Å². The summed E-state index contributed by atoms with van der Waals surface area (Å²) < 4.78 is 40.4. The Morgan fingerprint density at radius 2 is 0.585 bits per heavy atom. The highest BCUT2D eigenvalue weighted by Gasteiger charge is 2.32. The third-order valence-electron chi connectivity index (χ3n) is 12.5. The number of nitrogens with zero attached hydrogens (tertiary/aromatic N) is 8. The molecule has 0 saturated carbocycles. The fourth-order valence-electron chi connectivity index (χ4n) is 8.81. The second-order valence-electron chi connectivity index (χ2n) is 27.3. The van der Waals surface area contributed by atoms with Crippen LogP contribution >= 0.6 is 0 Å². The van der Waals surface area contributed by atoms with Gasteiger partial charge in [-0.25, -0.2) is 33.6 Å². The van der Waals surface area contributed by atoms with E-state index in [0.717, 1.165) is 5.56 Å². The lowest BCUT2D eigenvalue weighted by molar-refractivity contribution is 0.00992. The molecule has 0 unspecified atom stereocenters. The summed E-state index contributed by atoms with van der Waals surface area (Å²) in [6.45, 7) is 37.7. The van der Waals surface area contributed by atoms with Gasteiger partial charge in [-0.2, -0.15) is 0 Å². The summed E-state index contributed by atoms with van der Waals surface area (Å²) in [5.74, 6) is -0.537. The number of carbonyl (C=O) groups excluding carboxylic acids is 7. The first kappa shape index (κ1) is 70.5. The lowest BCUT2D eigenvalue weighted by Gasteiger charge is -2.34. The molecule has 2 aliphatic rings. The van der Waals surface area contributed by atoms with Crippen molar-refractivity contribution < 1.29 is 66.7 Å². The Kier molecular flexibility index (Phi) is 26.4. The number of hydrogen-bond donors (Lipinski definition) is 0. The monoisotopic (exact) mass is 1160 g/mol. The van der Waals surface area contributed by atoms with Gasteiger partial charge in [0, 0.05) is 118 Å². The minimum atomic E-state index is -0.770. The SMILES string of the molecule is COC(=O)c1cc(CN2CCCN(C(=O)OC(C)(C)C)CCN(C(=O)OC(C)(C)C)CCCN(C(=O)OC(C)(C)C)CC2)ccc1CN1CCCN(C(=O)OC(C)(C)C)CCN(C(=O)OC(C)(C)C)CCCN(C(=O)OC(C)(C)C)CC1. The number of ether oxygens (including phenoxy) is 7. The van der Waals surface area contributed by atoms with Crippen LogP contribution in [0, 0.1) is 0 Å². The molecule has 22 heteroatoms. The van der Waals surface area contributed by atoms with Crippen molar-refractivity contribution in [1.29, 1.82) is 0 Å². The van der Waals surface area contributed by atoms with Gasteiger partial charge in [0.2, 0.25) is 0 Å². The van der Waals surface area contributed by atoms with E-state index in [-0.39, 0.29) is 78.5 Å². The van der Waals surface area contributed by atoms with Crippen LogP contribution in [0.15, 0.2) is 18.2 Å². The van der Waals surface area contributed by atoms with E-state index in [1.807, 2.05) is 80.5 Å². The Hall–Kier alpha value is -5.77. The molecular formula is C60H104N8O14. The summed E-state index contributed by atoms with van der Waals surface area (Å²) >= 11 is 0. The number of esters is 1. The van der Waals surface area contributed by atoms with E-state index in [2.05, 4.69) is 9.80 Å². The zero-order chi connectivity index (χ0) is 62.0. The summed E-state index contributed by atoms with van der Waals surface area (Å²) in [7, 11) is 1.34. The Balaban J connectivity index is 2.05. The predicted molar refractivity (Wildman–Crippen MR) is 314 cm³/mol. The molecule has 6 amide bonds. The van der Waals surface area contributed by atoms with Gasteiger partial charge in [-0.05, 0) is 168 Å². The summed E-state index contributed by atoms with van der Waals surface area (Å²) in [5.41, 5.74) is -2.74. The van der Waals surface area contributed by atoms with Crippen LogP contribution in [0.1, 0.15) is 172 Å². The van der Waals surface area contributed by atoms with Gasteiger partial charge < -0.3 is 62.6 Å². The minimum absolute atomic E-state index is 0.166. The van der Waals surface area contributed by atoms with Crippen molar-refractivity contribution in [3.63, 3.8) is 0 Å². The highest BCUT2D eigenvalue weighted by Crippen LogP contribution is 2.22. The summed E-state index contributed by atoms with van der Waals surface area (Å²) in [6, 6.07) is 5.71. The van der Waals surface area contributed by atoms with Gasteiger partial charge in [0.15, 0.2) is 0 Å². The lowest BCUT2D eigenvalue weighted by Crippen LogP contribution is -2.47. The van der Waals surface area contributed by atoms with Crippen molar-refractivity contribution in [2.75, 3.05) is 112 Å². The summed E-state index contributed by atoms with van der Waals surface area (Å²) in [6.07, 6.45) is -1.26. The van der Waals surface area contributed by atoms with E-state index < -0.39 is 76.1 Å². The van der Waals surface area contributed by atoms with Gasteiger partial charge in [-0.15, -0.1) is 0 Å². The highest BCUT2D eigenvalue weighted by atomic mass is 16.6. The van der Waals surface area contributed by atoms with E-state index in [0.29, 0.717) is 76.1 Å². The van der Waals surface area contributed by atoms with Crippen LogP contribution in [0.3, 0.4) is 0 Å². The smallest absolute Gasteiger partial charge is 0.410 e. The maximum absolute atomic E-state index is 13.9. The largest absolute Gasteiger partial charge is 0.465 e. The second-order valence-corrected chi connectivity index (χ2v) is 27.3. The topological polar surface area (TPSA) is 210 Å². The van der Waals surface area contributed by atoms with Crippen molar-refractivity contribution in [3.8, 4) is 0 Å². The van der Waals surface area contributed by atoms with Gasteiger partial charge in [0.05, 0.1) is 12.7 Å². The van der Waals surface area contributed by atoms with E-state index in [9.17, 15) is 33.6 Å². The molecule has 0 bridgehead atoms. The van der Waals surface area contributed by atoms with Crippen LogP contribution in [0.2, 0.25) is 0 Å². The third kappa shape index (κ3) is 28.0. The van der Waals surface area contributed by atoms with Crippen LogP contribution < -0.4 is 0 Å². The first-order valence-corrected chi connectivity index (χ1v) is 29.2. The molecular weight excluding hydrogens is 1060 g/mol. The average molecular weight is 1160 g/mol. The van der Waals surface area contributed by atoms with Crippen LogP contribution in [-0.4, -0.2) is 227 Å². The number of amides is 6.